The molecule has 3 heteroatoms. The fourth-order valence-electron chi connectivity index (χ4n) is 3.99. The van der Waals surface area contributed by atoms with Crippen molar-refractivity contribution >= 4 is 5.91 Å². The Kier molecular flexibility index (Phi) is 2.66. The van der Waals surface area contributed by atoms with Crippen molar-refractivity contribution < 1.29 is 4.79 Å². The van der Waals surface area contributed by atoms with Gasteiger partial charge in [0.2, 0.25) is 5.91 Å². The van der Waals surface area contributed by atoms with Crippen LogP contribution in [0.5, 0.6) is 0 Å². The second-order valence-electron chi connectivity index (χ2n) is 6.03. The number of carbonyl (C=O) groups is 1. The first-order valence-electron chi connectivity index (χ1n) is 6.75. The first-order valence-corrected chi connectivity index (χ1v) is 6.75. The zero-order valence-corrected chi connectivity index (χ0v) is 9.90. The Labute approximate surface area is 97.4 Å². The molecule has 3 unspecified atom stereocenters. The van der Waals surface area contributed by atoms with Crippen LogP contribution < -0.4 is 5.73 Å². The fraction of sp³-hybridized carbons (Fsp3) is 0.923. The van der Waals surface area contributed by atoms with Crippen LogP contribution in [0.1, 0.15) is 38.5 Å². The lowest BCUT2D eigenvalue weighted by molar-refractivity contribution is -0.131. The molecule has 2 N–H and O–H groups in total. The number of fused-ring (bicyclic) bond motifs is 2. The number of amides is 1. The van der Waals surface area contributed by atoms with Crippen molar-refractivity contribution in [1.29, 1.82) is 0 Å². The third-order valence-electron chi connectivity index (χ3n) is 4.90. The second kappa shape index (κ2) is 4.02. The van der Waals surface area contributed by atoms with E-state index in [9.17, 15) is 4.79 Å². The van der Waals surface area contributed by atoms with E-state index in [4.69, 9.17) is 5.73 Å². The van der Waals surface area contributed by atoms with Crippen LogP contribution in [-0.4, -0.2) is 29.9 Å². The molecule has 2 aliphatic carbocycles. The van der Waals surface area contributed by atoms with Crippen LogP contribution in [-0.2, 0) is 4.79 Å². The van der Waals surface area contributed by atoms with Gasteiger partial charge < -0.3 is 10.6 Å². The highest BCUT2D eigenvalue weighted by molar-refractivity contribution is 5.76. The first kappa shape index (κ1) is 10.6. The number of hydrogen-bond acceptors (Lipinski definition) is 2. The minimum absolute atomic E-state index is 0.226. The molecule has 0 aromatic heterocycles. The average Bonchev–Trinajstić information content (AvgIpc) is 2.92. The summed E-state index contributed by atoms with van der Waals surface area (Å²) in [7, 11) is 0. The fourth-order valence-corrected chi connectivity index (χ4v) is 3.99. The summed E-state index contributed by atoms with van der Waals surface area (Å²) in [6.45, 7) is 1.68. The maximum Gasteiger partial charge on any atom is 0.222 e. The van der Waals surface area contributed by atoms with Crippen molar-refractivity contribution in [2.75, 3.05) is 13.1 Å². The predicted molar refractivity (Wildman–Crippen MR) is 62.7 cm³/mol. The Balaban J connectivity index is 1.53. The predicted octanol–water partition coefficient (Wildman–Crippen LogP) is 1.37. The van der Waals surface area contributed by atoms with E-state index >= 15 is 0 Å². The van der Waals surface area contributed by atoms with Crippen LogP contribution in [0.3, 0.4) is 0 Å². The van der Waals surface area contributed by atoms with Crippen LogP contribution in [0.25, 0.3) is 0 Å². The van der Waals surface area contributed by atoms with E-state index in [0.717, 1.165) is 37.8 Å². The molecule has 1 aliphatic heterocycles. The number of hydrogen-bond donors (Lipinski definition) is 1. The Hall–Kier alpha value is -0.570. The van der Waals surface area contributed by atoms with Gasteiger partial charge in [-0.2, -0.15) is 0 Å². The van der Waals surface area contributed by atoms with Gasteiger partial charge in [-0.05, 0) is 43.4 Å². The SMILES string of the molecule is N[C@@H]1CCN(C(=O)CC2CC3CCC2C3)C1. The van der Waals surface area contributed by atoms with E-state index in [0.29, 0.717) is 11.8 Å². The lowest BCUT2D eigenvalue weighted by Crippen LogP contribution is -2.33. The van der Waals surface area contributed by atoms with Gasteiger partial charge >= 0.3 is 0 Å². The Morgan fingerprint density at radius 3 is 2.69 bits per heavy atom. The number of carbonyl (C=O) groups excluding carboxylic acids is 1. The number of rotatable bonds is 2. The molecule has 0 aromatic rings. The van der Waals surface area contributed by atoms with Gasteiger partial charge in [0.25, 0.3) is 0 Å². The molecule has 16 heavy (non-hydrogen) atoms. The smallest absolute Gasteiger partial charge is 0.222 e. The van der Waals surface area contributed by atoms with Gasteiger partial charge in [-0.25, -0.2) is 0 Å². The largest absolute Gasteiger partial charge is 0.341 e. The van der Waals surface area contributed by atoms with Crippen LogP contribution in [0, 0.1) is 17.8 Å². The van der Waals surface area contributed by atoms with Crippen LogP contribution in [0.15, 0.2) is 0 Å². The second-order valence-corrected chi connectivity index (χ2v) is 6.03. The standard InChI is InChI=1S/C13H22N2O/c14-12-3-4-15(8-12)13(16)7-11-6-9-1-2-10(11)5-9/h9-12H,1-8,14H2/t9?,10?,11?,12-/m1/s1. The maximum atomic E-state index is 12.1. The molecule has 2 bridgehead atoms. The Morgan fingerprint density at radius 1 is 1.25 bits per heavy atom. The van der Waals surface area contributed by atoms with E-state index in [-0.39, 0.29) is 6.04 Å². The average molecular weight is 222 g/mol. The zero-order chi connectivity index (χ0) is 11.1. The van der Waals surface area contributed by atoms with Crippen LogP contribution in [0.4, 0.5) is 0 Å². The molecular formula is C13H22N2O. The quantitative estimate of drug-likeness (QED) is 0.767. The lowest BCUT2D eigenvalue weighted by Gasteiger charge is -2.24. The highest BCUT2D eigenvalue weighted by atomic mass is 16.2. The highest BCUT2D eigenvalue weighted by Gasteiger charge is 2.40. The summed E-state index contributed by atoms with van der Waals surface area (Å²) in [5.74, 6) is 2.88. The molecule has 3 aliphatic rings. The van der Waals surface area contributed by atoms with Crippen molar-refractivity contribution in [2.24, 2.45) is 23.5 Å². The van der Waals surface area contributed by atoms with Crippen LogP contribution >= 0.6 is 0 Å². The molecule has 1 heterocycles. The van der Waals surface area contributed by atoms with E-state index in [1.165, 1.54) is 25.7 Å². The topological polar surface area (TPSA) is 46.3 Å². The molecule has 1 amide bonds. The number of nitrogens with two attached hydrogens (primary N) is 1. The minimum Gasteiger partial charge on any atom is -0.341 e. The third-order valence-corrected chi connectivity index (χ3v) is 4.90. The van der Waals surface area contributed by atoms with Gasteiger partial charge in [0.15, 0.2) is 0 Å². The van der Waals surface area contributed by atoms with E-state index in [1.807, 2.05) is 4.90 Å². The molecular weight excluding hydrogens is 200 g/mol. The molecule has 0 radical (unpaired) electrons. The summed E-state index contributed by atoms with van der Waals surface area (Å²) in [4.78, 5) is 14.1. The van der Waals surface area contributed by atoms with Gasteiger partial charge in [0.1, 0.15) is 0 Å². The van der Waals surface area contributed by atoms with E-state index < -0.39 is 0 Å². The number of likely N-dealkylation sites (tertiary alicyclic amines) is 1. The zero-order valence-electron chi connectivity index (χ0n) is 9.90. The van der Waals surface area contributed by atoms with Gasteiger partial charge in [-0.3, -0.25) is 4.79 Å². The van der Waals surface area contributed by atoms with E-state index in [2.05, 4.69) is 0 Å². The molecule has 2 saturated carbocycles. The van der Waals surface area contributed by atoms with Gasteiger partial charge in [0.05, 0.1) is 0 Å². The Morgan fingerprint density at radius 2 is 2.12 bits per heavy atom. The first-order chi connectivity index (χ1) is 7.72. The summed E-state index contributed by atoms with van der Waals surface area (Å²) >= 11 is 0. The van der Waals surface area contributed by atoms with Crippen molar-refractivity contribution in [3.05, 3.63) is 0 Å². The van der Waals surface area contributed by atoms with E-state index in [1.54, 1.807) is 0 Å². The van der Waals surface area contributed by atoms with Crippen LogP contribution in [0.2, 0.25) is 0 Å². The summed E-state index contributed by atoms with van der Waals surface area (Å²) < 4.78 is 0. The number of nitrogens with zero attached hydrogens (tertiary/aromatic N) is 1. The maximum absolute atomic E-state index is 12.1. The Bertz CT molecular complexity index is 292. The molecule has 0 spiro atoms. The van der Waals surface area contributed by atoms with Gasteiger partial charge in [-0.1, -0.05) is 6.42 Å². The van der Waals surface area contributed by atoms with Crippen molar-refractivity contribution in [2.45, 2.75) is 44.6 Å². The molecule has 1 saturated heterocycles. The van der Waals surface area contributed by atoms with Gasteiger partial charge in [0, 0.05) is 25.6 Å². The summed E-state index contributed by atoms with van der Waals surface area (Å²) in [5, 5.41) is 0. The summed E-state index contributed by atoms with van der Waals surface area (Å²) in [5.41, 5.74) is 5.84. The molecule has 3 rings (SSSR count). The molecule has 90 valence electrons. The van der Waals surface area contributed by atoms with Crippen molar-refractivity contribution in [1.82, 2.24) is 4.90 Å². The monoisotopic (exact) mass is 222 g/mol. The van der Waals surface area contributed by atoms with Gasteiger partial charge in [-0.15, -0.1) is 0 Å². The minimum atomic E-state index is 0.226. The van der Waals surface area contributed by atoms with Crippen molar-refractivity contribution in [3.8, 4) is 0 Å². The summed E-state index contributed by atoms with van der Waals surface area (Å²) in [6.07, 6.45) is 7.30. The lowest BCUT2D eigenvalue weighted by atomic mass is 9.86. The molecule has 4 atom stereocenters. The van der Waals surface area contributed by atoms with Crippen molar-refractivity contribution in [3.63, 3.8) is 0 Å². The normalized spacial score (nSPS) is 41.9. The third kappa shape index (κ3) is 1.86. The molecule has 3 fully saturated rings. The molecule has 3 nitrogen and oxygen atoms in total. The summed E-state index contributed by atoms with van der Waals surface area (Å²) in [6, 6.07) is 0.226. The highest BCUT2D eigenvalue weighted by Crippen LogP contribution is 2.49. The molecule has 0 aromatic carbocycles.